The van der Waals surface area contributed by atoms with E-state index in [9.17, 15) is 4.79 Å². The molecule has 0 spiro atoms. The van der Waals surface area contributed by atoms with Crippen LogP contribution in [0.25, 0.3) is 0 Å². The fourth-order valence-corrected chi connectivity index (χ4v) is 2.03. The monoisotopic (exact) mass is 274 g/mol. The molecule has 1 aromatic heterocycles. The van der Waals surface area contributed by atoms with E-state index in [2.05, 4.69) is 5.32 Å². The number of amides is 1. The zero-order chi connectivity index (χ0) is 14.5. The van der Waals surface area contributed by atoms with Crippen molar-refractivity contribution in [1.82, 2.24) is 0 Å². The van der Waals surface area contributed by atoms with Gasteiger partial charge in [0.15, 0.2) is 0 Å². The molecule has 0 aliphatic heterocycles. The summed E-state index contributed by atoms with van der Waals surface area (Å²) < 4.78 is 10.7. The normalized spacial score (nSPS) is 11.9. The van der Waals surface area contributed by atoms with Gasteiger partial charge in [0.2, 0.25) is 5.91 Å². The van der Waals surface area contributed by atoms with Crippen LogP contribution in [0, 0.1) is 0 Å². The van der Waals surface area contributed by atoms with E-state index in [0.717, 1.165) is 12.2 Å². The number of methoxy groups -OCH3 is 1. The van der Waals surface area contributed by atoms with Gasteiger partial charge < -0.3 is 20.2 Å². The van der Waals surface area contributed by atoms with Crippen LogP contribution >= 0.6 is 0 Å². The van der Waals surface area contributed by atoms with Crippen LogP contribution in [0.15, 0.2) is 41.0 Å². The van der Waals surface area contributed by atoms with Crippen LogP contribution in [0.5, 0.6) is 5.75 Å². The van der Waals surface area contributed by atoms with Crippen LogP contribution in [0.1, 0.15) is 35.5 Å². The number of carbonyl (C=O) groups is 1. The van der Waals surface area contributed by atoms with Gasteiger partial charge in [-0.2, -0.15) is 0 Å². The van der Waals surface area contributed by atoms with Crippen molar-refractivity contribution in [1.29, 1.82) is 0 Å². The van der Waals surface area contributed by atoms with Crippen molar-refractivity contribution in [3.05, 3.63) is 47.9 Å². The number of nitrogens with two attached hydrogens (primary N) is 1. The van der Waals surface area contributed by atoms with Gasteiger partial charge in [-0.05, 0) is 36.8 Å². The van der Waals surface area contributed by atoms with Crippen molar-refractivity contribution in [2.45, 2.75) is 19.4 Å². The molecule has 3 N–H and O–H groups in total. The fraction of sp³-hybridized carbons (Fsp3) is 0.267. The van der Waals surface area contributed by atoms with E-state index in [-0.39, 0.29) is 6.04 Å². The van der Waals surface area contributed by atoms with E-state index in [1.54, 1.807) is 31.6 Å². The van der Waals surface area contributed by atoms with Gasteiger partial charge in [-0.25, -0.2) is 0 Å². The molecule has 1 amide bonds. The molecule has 1 aromatic carbocycles. The molecule has 5 heteroatoms. The van der Waals surface area contributed by atoms with E-state index in [0.29, 0.717) is 17.0 Å². The molecule has 1 unspecified atom stereocenters. The molecule has 0 saturated carbocycles. The van der Waals surface area contributed by atoms with Crippen LogP contribution in [0.4, 0.5) is 5.69 Å². The van der Waals surface area contributed by atoms with Gasteiger partial charge in [0, 0.05) is 5.56 Å². The van der Waals surface area contributed by atoms with E-state index in [1.807, 2.05) is 19.1 Å². The second kappa shape index (κ2) is 6.14. The minimum Gasteiger partial charge on any atom is -0.495 e. The summed E-state index contributed by atoms with van der Waals surface area (Å²) in [7, 11) is 1.58. The minimum absolute atomic E-state index is 0.00188. The Balaban J connectivity index is 2.30. The third kappa shape index (κ3) is 2.93. The number of ether oxygens (including phenoxy) is 1. The predicted molar refractivity (Wildman–Crippen MR) is 76.9 cm³/mol. The molecule has 0 fully saturated rings. The third-order valence-corrected chi connectivity index (χ3v) is 3.11. The first kappa shape index (κ1) is 14.0. The first-order valence-electron chi connectivity index (χ1n) is 6.43. The van der Waals surface area contributed by atoms with Gasteiger partial charge in [0.1, 0.15) is 11.5 Å². The lowest BCUT2D eigenvalue weighted by molar-refractivity contribution is 0.100. The van der Waals surface area contributed by atoms with Crippen molar-refractivity contribution in [3.8, 4) is 5.75 Å². The summed E-state index contributed by atoms with van der Waals surface area (Å²) in [5.74, 6) is 1.01. The van der Waals surface area contributed by atoms with E-state index < -0.39 is 5.91 Å². The van der Waals surface area contributed by atoms with Crippen LogP contribution in [-0.2, 0) is 0 Å². The van der Waals surface area contributed by atoms with Crippen LogP contribution in [-0.4, -0.2) is 13.0 Å². The summed E-state index contributed by atoms with van der Waals surface area (Å²) >= 11 is 0. The third-order valence-electron chi connectivity index (χ3n) is 3.11. The Morgan fingerprint density at radius 3 is 2.80 bits per heavy atom. The summed E-state index contributed by atoms with van der Waals surface area (Å²) in [6.07, 6.45) is 2.47. The maximum absolute atomic E-state index is 11.3. The molecule has 0 aliphatic rings. The molecular formula is C15H18N2O3. The Morgan fingerprint density at radius 1 is 1.45 bits per heavy atom. The SMILES string of the molecule is CCC(Nc1cc(C(N)=O)ccc1OC)c1ccco1. The van der Waals surface area contributed by atoms with Crippen LogP contribution in [0.3, 0.4) is 0 Å². The Hall–Kier alpha value is -2.43. The number of primary amides is 1. The van der Waals surface area contributed by atoms with Gasteiger partial charge in [0.25, 0.3) is 0 Å². The maximum Gasteiger partial charge on any atom is 0.248 e. The lowest BCUT2D eigenvalue weighted by Crippen LogP contribution is -2.13. The number of nitrogens with one attached hydrogen (secondary N) is 1. The Labute approximate surface area is 117 Å². The minimum atomic E-state index is -0.471. The highest BCUT2D eigenvalue weighted by Crippen LogP contribution is 2.30. The number of hydrogen-bond donors (Lipinski definition) is 2. The van der Waals surface area contributed by atoms with Crippen molar-refractivity contribution in [2.75, 3.05) is 12.4 Å². The maximum atomic E-state index is 11.3. The standard InChI is InChI=1S/C15H18N2O3/c1-3-11(14-5-4-8-20-14)17-12-9-10(15(16)18)6-7-13(12)19-2/h4-9,11,17H,3H2,1-2H3,(H2,16,18). The average molecular weight is 274 g/mol. The van der Waals surface area contributed by atoms with Gasteiger partial charge in [0.05, 0.1) is 25.1 Å². The molecule has 106 valence electrons. The highest BCUT2D eigenvalue weighted by molar-refractivity contribution is 5.94. The first-order valence-corrected chi connectivity index (χ1v) is 6.43. The number of carbonyl (C=O) groups excluding carboxylic acids is 1. The Bertz CT molecular complexity index is 579. The molecule has 0 saturated heterocycles. The molecule has 2 aromatic rings. The molecule has 0 aliphatic carbocycles. The summed E-state index contributed by atoms with van der Waals surface area (Å²) in [6, 6.07) is 8.80. The molecule has 5 nitrogen and oxygen atoms in total. The summed E-state index contributed by atoms with van der Waals surface area (Å²) in [5.41, 5.74) is 6.45. The van der Waals surface area contributed by atoms with E-state index in [1.165, 1.54) is 0 Å². The number of anilines is 1. The summed E-state index contributed by atoms with van der Waals surface area (Å²) in [6.45, 7) is 2.05. The largest absolute Gasteiger partial charge is 0.495 e. The van der Waals surface area contributed by atoms with Crippen molar-refractivity contribution in [3.63, 3.8) is 0 Å². The molecule has 0 radical (unpaired) electrons. The lowest BCUT2D eigenvalue weighted by Gasteiger charge is -2.18. The second-order valence-electron chi connectivity index (χ2n) is 4.40. The molecule has 0 bridgehead atoms. The molecule has 20 heavy (non-hydrogen) atoms. The topological polar surface area (TPSA) is 77.5 Å². The van der Waals surface area contributed by atoms with E-state index >= 15 is 0 Å². The number of rotatable bonds is 6. The molecule has 2 rings (SSSR count). The Kier molecular flexibility index (Phi) is 4.30. The van der Waals surface area contributed by atoms with Crippen LogP contribution < -0.4 is 15.8 Å². The van der Waals surface area contributed by atoms with Gasteiger partial charge >= 0.3 is 0 Å². The highest BCUT2D eigenvalue weighted by atomic mass is 16.5. The zero-order valence-electron chi connectivity index (χ0n) is 11.6. The van der Waals surface area contributed by atoms with Gasteiger partial charge in [-0.1, -0.05) is 6.92 Å². The molecular weight excluding hydrogens is 256 g/mol. The predicted octanol–water partition coefficient (Wildman–Crippen LogP) is 2.95. The van der Waals surface area contributed by atoms with Crippen molar-refractivity contribution in [2.24, 2.45) is 5.73 Å². The summed E-state index contributed by atoms with van der Waals surface area (Å²) in [4.78, 5) is 11.3. The first-order chi connectivity index (χ1) is 9.65. The summed E-state index contributed by atoms with van der Waals surface area (Å²) in [5, 5.41) is 3.32. The van der Waals surface area contributed by atoms with E-state index in [4.69, 9.17) is 14.9 Å². The number of hydrogen-bond acceptors (Lipinski definition) is 4. The molecule has 1 heterocycles. The zero-order valence-corrected chi connectivity index (χ0v) is 11.6. The average Bonchev–Trinajstić information content (AvgIpc) is 2.98. The number of furan rings is 1. The lowest BCUT2D eigenvalue weighted by atomic mass is 10.1. The smallest absolute Gasteiger partial charge is 0.248 e. The highest BCUT2D eigenvalue weighted by Gasteiger charge is 2.15. The molecule has 1 atom stereocenters. The van der Waals surface area contributed by atoms with Crippen molar-refractivity contribution >= 4 is 11.6 Å². The van der Waals surface area contributed by atoms with Gasteiger partial charge in [-0.15, -0.1) is 0 Å². The van der Waals surface area contributed by atoms with Crippen LogP contribution in [0.2, 0.25) is 0 Å². The number of benzene rings is 1. The Morgan fingerprint density at radius 2 is 2.25 bits per heavy atom. The fourth-order valence-electron chi connectivity index (χ4n) is 2.03. The van der Waals surface area contributed by atoms with Gasteiger partial charge in [-0.3, -0.25) is 4.79 Å². The van der Waals surface area contributed by atoms with Crippen molar-refractivity contribution < 1.29 is 13.9 Å². The quantitative estimate of drug-likeness (QED) is 0.849. The second-order valence-corrected chi connectivity index (χ2v) is 4.40.